The summed E-state index contributed by atoms with van der Waals surface area (Å²) in [5.74, 6) is 0.789. The first-order valence-corrected chi connectivity index (χ1v) is 7.51. The SMILES string of the molecule is CCn1c(-c2ccccc2Cl)nc(=S)n1-c1ccccc1. The third-order valence-electron chi connectivity index (χ3n) is 3.28. The van der Waals surface area contributed by atoms with Crippen molar-refractivity contribution in [1.82, 2.24) is 14.3 Å². The third kappa shape index (κ3) is 2.52. The van der Waals surface area contributed by atoms with Crippen molar-refractivity contribution in [3.63, 3.8) is 0 Å². The smallest absolute Gasteiger partial charge is 0.221 e. The Labute approximate surface area is 133 Å². The van der Waals surface area contributed by atoms with Crippen LogP contribution in [0, 0.1) is 4.77 Å². The molecule has 3 nitrogen and oxygen atoms in total. The number of para-hydroxylation sites is 1. The second kappa shape index (κ2) is 5.84. The van der Waals surface area contributed by atoms with Crippen molar-refractivity contribution in [2.24, 2.45) is 0 Å². The molecule has 0 saturated carbocycles. The summed E-state index contributed by atoms with van der Waals surface area (Å²) in [5, 5.41) is 0.674. The molecule has 3 rings (SSSR count). The van der Waals surface area contributed by atoms with E-state index >= 15 is 0 Å². The summed E-state index contributed by atoms with van der Waals surface area (Å²) < 4.78 is 4.50. The van der Waals surface area contributed by atoms with Gasteiger partial charge < -0.3 is 0 Å². The quantitative estimate of drug-likeness (QED) is 0.651. The number of hydrogen-bond acceptors (Lipinski definition) is 2. The molecule has 0 aliphatic heterocycles. The van der Waals surface area contributed by atoms with E-state index in [0.29, 0.717) is 9.79 Å². The first-order chi connectivity index (χ1) is 10.2. The minimum absolute atomic E-state index is 0.526. The highest BCUT2D eigenvalue weighted by molar-refractivity contribution is 7.71. The highest BCUT2D eigenvalue weighted by Gasteiger charge is 2.14. The Morgan fingerprint density at radius 1 is 1.05 bits per heavy atom. The van der Waals surface area contributed by atoms with E-state index in [1.165, 1.54) is 0 Å². The van der Waals surface area contributed by atoms with Crippen LogP contribution in [0.15, 0.2) is 54.6 Å². The Bertz CT molecular complexity index is 821. The van der Waals surface area contributed by atoms with Gasteiger partial charge in [-0.25, -0.2) is 4.68 Å². The fraction of sp³-hybridized carbons (Fsp3) is 0.125. The molecule has 0 atom stereocenters. The molecule has 0 unspecified atom stereocenters. The van der Waals surface area contributed by atoms with E-state index < -0.39 is 0 Å². The summed E-state index contributed by atoms with van der Waals surface area (Å²) in [7, 11) is 0. The molecule has 1 heterocycles. The molecule has 2 aromatic carbocycles. The van der Waals surface area contributed by atoms with Gasteiger partial charge in [0.15, 0.2) is 5.82 Å². The zero-order valence-electron chi connectivity index (χ0n) is 11.5. The maximum absolute atomic E-state index is 6.30. The van der Waals surface area contributed by atoms with Gasteiger partial charge in [0.1, 0.15) is 0 Å². The minimum atomic E-state index is 0.526. The van der Waals surface area contributed by atoms with Crippen molar-refractivity contribution in [2.75, 3.05) is 0 Å². The average Bonchev–Trinajstić information content (AvgIpc) is 2.85. The summed E-state index contributed by atoms with van der Waals surface area (Å²) in [6.45, 7) is 2.81. The number of benzene rings is 2. The Kier molecular flexibility index (Phi) is 3.90. The first kappa shape index (κ1) is 14.0. The fourth-order valence-electron chi connectivity index (χ4n) is 2.35. The van der Waals surface area contributed by atoms with Crippen LogP contribution in [0.2, 0.25) is 5.02 Å². The maximum Gasteiger partial charge on any atom is 0.221 e. The lowest BCUT2D eigenvalue weighted by atomic mass is 10.2. The van der Waals surface area contributed by atoms with Crippen LogP contribution in [0.3, 0.4) is 0 Å². The van der Waals surface area contributed by atoms with Crippen LogP contribution in [-0.2, 0) is 6.54 Å². The molecular formula is C16H14ClN3S. The van der Waals surface area contributed by atoms with E-state index in [2.05, 4.69) is 11.9 Å². The molecule has 0 aliphatic carbocycles. The number of rotatable bonds is 3. The zero-order valence-corrected chi connectivity index (χ0v) is 13.1. The lowest BCUT2D eigenvalue weighted by Gasteiger charge is -2.12. The highest BCUT2D eigenvalue weighted by atomic mass is 35.5. The standard InChI is InChI=1S/C16H14ClN3S/c1-2-19-15(13-10-6-7-11-14(13)17)18-16(21)20(19)12-8-4-3-5-9-12/h3-11H,2H2,1H3. The lowest BCUT2D eigenvalue weighted by Crippen LogP contribution is -2.11. The lowest BCUT2D eigenvalue weighted by molar-refractivity contribution is 0.586. The number of nitrogens with zero attached hydrogens (tertiary/aromatic N) is 3. The van der Waals surface area contributed by atoms with Crippen LogP contribution in [0.25, 0.3) is 17.1 Å². The summed E-state index contributed by atoms with van der Waals surface area (Å²) >= 11 is 11.7. The van der Waals surface area contributed by atoms with Gasteiger partial charge in [0.25, 0.3) is 0 Å². The molecule has 0 bridgehead atoms. The fourth-order valence-corrected chi connectivity index (χ4v) is 2.86. The molecule has 0 fully saturated rings. The second-order valence-electron chi connectivity index (χ2n) is 4.56. The predicted octanol–water partition coefficient (Wildman–Crippen LogP) is 4.74. The van der Waals surface area contributed by atoms with Crippen molar-refractivity contribution in [3.05, 3.63) is 64.4 Å². The largest absolute Gasteiger partial charge is 0.261 e. The number of aromatic nitrogens is 3. The van der Waals surface area contributed by atoms with Crippen molar-refractivity contribution < 1.29 is 0 Å². The van der Waals surface area contributed by atoms with E-state index in [4.69, 9.17) is 23.8 Å². The predicted molar refractivity (Wildman–Crippen MR) is 88.5 cm³/mol. The van der Waals surface area contributed by atoms with Crippen molar-refractivity contribution >= 4 is 23.8 Å². The van der Waals surface area contributed by atoms with E-state index in [-0.39, 0.29) is 0 Å². The van der Waals surface area contributed by atoms with Crippen molar-refractivity contribution in [2.45, 2.75) is 13.5 Å². The van der Waals surface area contributed by atoms with Crippen LogP contribution < -0.4 is 0 Å². The summed E-state index contributed by atoms with van der Waals surface area (Å²) in [4.78, 5) is 4.55. The van der Waals surface area contributed by atoms with E-state index in [0.717, 1.165) is 23.6 Å². The summed E-state index contributed by atoms with van der Waals surface area (Å²) in [6.07, 6.45) is 0. The molecule has 0 spiro atoms. The van der Waals surface area contributed by atoms with E-state index in [9.17, 15) is 0 Å². The highest BCUT2D eigenvalue weighted by Crippen LogP contribution is 2.27. The van der Waals surface area contributed by atoms with Crippen LogP contribution in [0.1, 0.15) is 6.92 Å². The molecule has 21 heavy (non-hydrogen) atoms. The van der Waals surface area contributed by atoms with Crippen LogP contribution >= 0.6 is 23.8 Å². The maximum atomic E-state index is 6.30. The van der Waals surface area contributed by atoms with Gasteiger partial charge in [0, 0.05) is 12.1 Å². The number of halogens is 1. The molecule has 1 aromatic heterocycles. The van der Waals surface area contributed by atoms with Gasteiger partial charge in [-0.15, -0.1) is 0 Å². The molecule has 106 valence electrons. The minimum Gasteiger partial charge on any atom is -0.261 e. The monoisotopic (exact) mass is 315 g/mol. The number of hydrogen-bond donors (Lipinski definition) is 0. The molecule has 0 N–H and O–H groups in total. The Balaban J connectivity index is 2.26. The van der Waals surface area contributed by atoms with Crippen LogP contribution in [0.5, 0.6) is 0 Å². The average molecular weight is 316 g/mol. The van der Waals surface area contributed by atoms with Gasteiger partial charge in [0.2, 0.25) is 4.77 Å². The normalized spacial score (nSPS) is 10.8. The Morgan fingerprint density at radius 2 is 1.71 bits per heavy atom. The van der Waals surface area contributed by atoms with Gasteiger partial charge in [-0.1, -0.05) is 41.9 Å². The molecule has 5 heteroatoms. The zero-order chi connectivity index (χ0) is 14.8. The molecule has 0 radical (unpaired) electrons. The topological polar surface area (TPSA) is 22.8 Å². The van der Waals surface area contributed by atoms with Gasteiger partial charge in [-0.05, 0) is 43.4 Å². The molecular weight excluding hydrogens is 302 g/mol. The second-order valence-corrected chi connectivity index (χ2v) is 5.33. The Morgan fingerprint density at radius 3 is 2.38 bits per heavy atom. The Hall–Kier alpha value is -1.91. The van der Waals surface area contributed by atoms with E-state index in [1.54, 1.807) is 0 Å². The van der Waals surface area contributed by atoms with Gasteiger partial charge in [0.05, 0.1) is 10.7 Å². The molecule has 0 saturated heterocycles. The van der Waals surface area contributed by atoms with Crippen molar-refractivity contribution in [1.29, 1.82) is 0 Å². The molecule has 0 aliphatic rings. The van der Waals surface area contributed by atoms with Gasteiger partial charge in [-0.3, -0.25) is 4.68 Å². The molecule has 0 amide bonds. The van der Waals surface area contributed by atoms with Crippen molar-refractivity contribution in [3.8, 4) is 17.1 Å². The molecule has 3 aromatic rings. The van der Waals surface area contributed by atoms with Crippen LogP contribution in [-0.4, -0.2) is 14.3 Å². The summed E-state index contributed by atoms with van der Waals surface area (Å²) in [6, 6.07) is 17.7. The van der Waals surface area contributed by atoms with E-state index in [1.807, 2.05) is 64.0 Å². The van der Waals surface area contributed by atoms with Gasteiger partial charge in [-0.2, -0.15) is 4.98 Å². The van der Waals surface area contributed by atoms with Gasteiger partial charge >= 0.3 is 0 Å². The summed E-state index contributed by atoms with van der Waals surface area (Å²) in [5.41, 5.74) is 1.89. The first-order valence-electron chi connectivity index (χ1n) is 6.72. The third-order valence-corrected chi connectivity index (χ3v) is 3.88. The van der Waals surface area contributed by atoms with Crippen LogP contribution in [0.4, 0.5) is 0 Å².